The van der Waals surface area contributed by atoms with Crippen molar-refractivity contribution in [3.8, 4) is 0 Å². The first-order valence-electron chi connectivity index (χ1n) is 5.81. The highest BCUT2D eigenvalue weighted by Gasteiger charge is 2.09. The van der Waals surface area contributed by atoms with E-state index in [0.717, 1.165) is 17.0 Å². The molecule has 1 aromatic carbocycles. The Labute approximate surface area is 106 Å². The number of carbonyl (C=O) groups is 1. The minimum absolute atomic E-state index is 0.138. The van der Waals surface area contributed by atoms with E-state index >= 15 is 0 Å². The fourth-order valence-electron chi connectivity index (χ4n) is 1.83. The second-order valence-electron chi connectivity index (χ2n) is 4.46. The third-order valence-corrected chi connectivity index (χ3v) is 3.02. The van der Waals surface area contributed by atoms with Gasteiger partial charge in [-0.05, 0) is 56.7 Å². The Morgan fingerprint density at radius 1 is 1.11 bits per heavy atom. The summed E-state index contributed by atoms with van der Waals surface area (Å²) in [6, 6.07) is 9.19. The maximum Gasteiger partial charge on any atom is 0.270 e. The average molecular weight is 243 g/mol. The highest BCUT2D eigenvalue weighted by molar-refractivity contribution is 6.00. The summed E-state index contributed by atoms with van der Waals surface area (Å²) >= 11 is 0. The Kier molecular flexibility index (Phi) is 3.10. The molecular weight excluding hydrogens is 226 g/mol. The molecule has 2 aromatic rings. The molecular formula is C14H17N3O. The third-order valence-electron chi connectivity index (χ3n) is 3.02. The average Bonchev–Trinajstić information content (AvgIpc) is 2.64. The number of aromatic nitrogens is 1. The van der Waals surface area contributed by atoms with E-state index in [1.807, 2.05) is 32.9 Å². The zero-order valence-corrected chi connectivity index (χ0v) is 10.8. The molecule has 0 fully saturated rings. The zero-order valence-electron chi connectivity index (χ0n) is 10.8. The molecule has 0 atom stereocenters. The minimum atomic E-state index is -0.138. The van der Waals surface area contributed by atoms with E-state index in [9.17, 15) is 4.79 Å². The third kappa shape index (κ3) is 2.22. The number of nitrogen functional groups attached to an aromatic ring is 1. The van der Waals surface area contributed by atoms with Crippen LogP contribution in [0.2, 0.25) is 0 Å². The molecule has 1 aromatic heterocycles. The van der Waals surface area contributed by atoms with E-state index in [0.29, 0.717) is 11.3 Å². The second-order valence-corrected chi connectivity index (χ2v) is 4.46. The molecule has 0 spiro atoms. The van der Waals surface area contributed by atoms with Gasteiger partial charge in [-0.1, -0.05) is 0 Å². The number of aryl methyl sites for hydroxylation is 3. The molecule has 0 saturated carbocycles. The predicted molar refractivity (Wildman–Crippen MR) is 73.2 cm³/mol. The van der Waals surface area contributed by atoms with Crippen molar-refractivity contribution in [3.63, 3.8) is 0 Å². The number of carbonyl (C=O) groups excluding carboxylic acids is 1. The maximum absolute atomic E-state index is 12.1. The van der Waals surface area contributed by atoms with E-state index in [1.54, 1.807) is 22.9 Å². The Hall–Kier alpha value is -2.23. The lowest BCUT2D eigenvalue weighted by atomic mass is 10.1. The van der Waals surface area contributed by atoms with E-state index in [-0.39, 0.29) is 5.91 Å². The van der Waals surface area contributed by atoms with Crippen LogP contribution in [0.4, 0.5) is 5.69 Å². The summed E-state index contributed by atoms with van der Waals surface area (Å²) in [7, 11) is 0. The highest BCUT2D eigenvalue weighted by atomic mass is 16.2. The van der Waals surface area contributed by atoms with Crippen LogP contribution >= 0.6 is 0 Å². The molecule has 0 radical (unpaired) electrons. The van der Waals surface area contributed by atoms with Crippen LogP contribution in [0.5, 0.6) is 0 Å². The van der Waals surface area contributed by atoms with Gasteiger partial charge in [0.2, 0.25) is 0 Å². The number of rotatable bonds is 2. The summed E-state index contributed by atoms with van der Waals surface area (Å²) in [6.45, 7) is 5.78. The SMILES string of the molecule is Cc1cc(C(=O)Nn2c(C)ccc2C)ccc1N. The van der Waals surface area contributed by atoms with Crippen molar-refractivity contribution in [3.05, 3.63) is 52.8 Å². The van der Waals surface area contributed by atoms with Gasteiger partial charge in [0.1, 0.15) is 0 Å². The van der Waals surface area contributed by atoms with Crippen molar-refractivity contribution in [2.24, 2.45) is 0 Å². The maximum atomic E-state index is 12.1. The van der Waals surface area contributed by atoms with Gasteiger partial charge in [0.15, 0.2) is 0 Å². The fraction of sp³-hybridized carbons (Fsp3) is 0.214. The molecule has 0 unspecified atom stereocenters. The molecule has 0 bridgehead atoms. The van der Waals surface area contributed by atoms with Crippen LogP contribution in [0.3, 0.4) is 0 Å². The van der Waals surface area contributed by atoms with Gasteiger partial charge in [0.25, 0.3) is 5.91 Å². The van der Waals surface area contributed by atoms with Gasteiger partial charge in [0.05, 0.1) is 0 Å². The molecule has 1 amide bonds. The van der Waals surface area contributed by atoms with Crippen LogP contribution in [0, 0.1) is 20.8 Å². The quantitative estimate of drug-likeness (QED) is 0.795. The van der Waals surface area contributed by atoms with E-state index in [4.69, 9.17) is 5.73 Å². The van der Waals surface area contributed by atoms with E-state index in [1.165, 1.54) is 0 Å². The Morgan fingerprint density at radius 3 is 2.28 bits per heavy atom. The summed E-state index contributed by atoms with van der Waals surface area (Å²) in [5.41, 5.74) is 12.8. The minimum Gasteiger partial charge on any atom is -0.399 e. The van der Waals surface area contributed by atoms with Gasteiger partial charge in [-0.25, -0.2) is 0 Å². The molecule has 0 aliphatic rings. The largest absolute Gasteiger partial charge is 0.399 e. The van der Waals surface area contributed by atoms with E-state index < -0.39 is 0 Å². The number of hydrogen-bond acceptors (Lipinski definition) is 2. The molecule has 94 valence electrons. The summed E-state index contributed by atoms with van der Waals surface area (Å²) < 4.78 is 1.77. The number of nitrogens with one attached hydrogen (secondary N) is 1. The van der Waals surface area contributed by atoms with Crippen LogP contribution < -0.4 is 11.2 Å². The molecule has 3 N–H and O–H groups in total. The molecule has 0 aliphatic heterocycles. The summed E-state index contributed by atoms with van der Waals surface area (Å²) in [5.74, 6) is -0.138. The van der Waals surface area contributed by atoms with Gasteiger partial charge < -0.3 is 5.73 Å². The smallest absolute Gasteiger partial charge is 0.270 e. The normalized spacial score (nSPS) is 10.4. The lowest BCUT2D eigenvalue weighted by molar-refractivity contribution is 0.101. The van der Waals surface area contributed by atoms with Crippen molar-refractivity contribution >= 4 is 11.6 Å². The number of hydrogen-bond donors (Lipinski definition) is 2. The number of nitrogens with two attached hydrogens (primary N) is 1. The first kappa shape index (κ1) is 12.2. The monoisotopic (exact) mass is 243 g/mol. The van der Waals surface area contributed by atoms with Gasteiger partial charge >= 0.3 is 0 Å². The molecule has 4 nitrogen and oxygen atoms in total. The van der Waals surface area contributed by atoms with Crippen LogP contribution in [0.1, 0.15) is 27.3 Å². The number of benzene rings is 1. The van der Waals surface area contributed by atoms with Crippen LogP contribution in [0.25, 0.3) is 0 Å². The Bertz CT molecular complexity index is 580. The van der Waals surface area contributed by atoms with Crippen molar-refractivity contribution < 1.29 is 4.79 Å². The van der Waals surface area contributed by atoms with Crippen molar-refractivity contribution in [2.45, 2.75) is 20.8 Å². The van der Waals surface area contributed by atoms with Gasteiger partial charge in [-0.3, -0.25) is 14.9 Å². The number of anilines is 1. The first-order chi connectivity index (χ1) is 8.49. The van der Waals surface area contributed by atoms with Crippen LogP contribution in [-0.4, -0.2) is 10.6 Å². The summed E-state index contributed by atoms with van der Waals surface area (Å²) in [4.78, 5) is 12.1. The van der Waals surface area contributed by atoms with Gasteiger partial charge in [-0.15, -0.1) is 0 Å². The molecule has 18 heavy (non-hydrogen) atoms. The number of amides is 1. The molecule has 4 heteroatoms. The number of nitrogens with zero attached hydrogens (tertiary/aromatic N) is 1. The first-order valence-corrected chi connectivity index (χ1v) is 5.81. The lowest BCUT2D eigenvalue weighted by Crippen LogP contribution is -2.24. The van der Waals surface area contributed by atoms with Crippen LogP contribution in [0.15, 0.2) is 30.3 Å². The highest BCUT2D eigenvalue weighted by Crippen LogP contribution is 2.13. The Morgan fingerprint density at radius 2 is 1.72 bits per heavy atom. The molecule has 2 rings (SSSR count). The molecule has 0 aliphatic carbocycles. The topological polar surface area (TPSA) is 60.0 Å². The van der Waals surface area contributed by atoms with Crippen molar-refractivity contribution in [2.75, 3.05) is 11.2 Å². The standard InChI is InChI=1S/C14H17N3O/c1-9-8-12(6-7-13(9)15)14(18)16-17-10(2)4-5-11(17)3/h4-8H,15H2,1-3H3,(H,16,18). The summed E-state index contributed by atoms with van der Waals surface area (Å²) in [5, 5.41) is 0. The summed E-state index contributed by atoms with van der Waals surface area (Å²) in [6.07, 6.45) is 0. The Balaban J connectivity index is 2.25. The van der Waals surface area contributed by atoms with Gasteiger partial charge in [-0.2, -0.15) is 0 Å². The fourth-order valence-corrected chi connectivity index (χ4v) is 1.83. The van der Waals surface area contributed by atoms with Crippen molar-refractivity contribution in [1.29, 1.82) is 0 Å². The predicted octanol–water partition coefficient (Wildman–Crippen LogP) is 2.38. The zero-order chi connectivity index (χ0) is 13.3. The second kappa shape index (κ2) is 4.56. The lowest BCUT2D eigenvalue weighted by Gasteiger charge is -2.12. The van der Waals surface area contributed by atoms with Crippen LogP contribution in [-0.2, 0) is 0 Å². The van der Waals surface area contributed by atoms with Crippen molar-refractivity contribution in [1.82, 2.24) is 4.68 Å². The van der Waals surface area contributed by atoms with Gasteiger partial charge in [0, 0.05) is 22.6 Å². The van der Waals surface area contributed by atoms with E-state index in [2.05, 4.69) is 5.43 Å². The molecule has 1 heterocycles. The molecule has 0 saturated heterocycles.